The molecule has 0 saturated carbocycles. The van der Waals surface area contributed by atoms with Gasteiger partial charge in [-0.1, -0.05) is 24.3 Å². The van der Waals surface area contributed by atoms with E-state index >= 15 is 0 Å². The number of hydrogen-bond acceptors (Lipinski definition) is 3. The van der Waals surface area contributed by atoms with Crippen LogP contribution in [-0.2, 0) is 0 Å². The zero-order valence-electron chi connectivity index (χ0n) is 10.6. The van der Waals surface area contributed by atoms with Gasteiger partial charge in [0.25, 0.3) is 0 Å². The van der Waals surface area contributed by atoms with Gasteiger partial charge in [0, 0.05) is 5.39 Å². The van der Waals surface area contributed by atoms with Crippen molar-refractivity contribution < 1.29 is 9.84 Å². The number of para-hydroxylation sites is 2. The zero-order chi connectivity index (χ0) is 13.9. The summed E-state index contributed by atoms with van der Waals surface area (Å²) in [7, 11) is 0. The summed E-state index contributed by atoms with van der Waals surface area (Å²) in [6.07, 6.45) is 0. The number of nitriles is 1. The average Bonchev–Trinajstić information content (AvgIpc) is 2.49. The first-order valence-electron chi connectivity index (χ1n) is 6.16. The first-order chi connectivity index (χ1) is 9.78. The number of hydrogen-bond donors (Lipinski definition) is 1. The van der Waals surface area contributed by atoms with Gasteiger partial charge in [0.15, 0.2) is 11.5 Å². The van der Waals surface area contributed by atoms with Crippen LogP contribution in [0.3, 0.4) is 0 Å². The lowest BCUT2D eigenvalue weighted by Gasteiger charge is -2.10. The molecule has 0 fully saturated rings. The highest BCUT2D eigenvalue weighted by Crippen LogP contribution is 2.34. The number of phenolic OH excluding ortho intramolecular Hbond substituents is 1. The van der Waals surface area contributed by atoms with Crippen LogP contribution in [0.5, 0.6) is 17.2 Å². The molecule has 0 aliphatic heterocycles. The molecule has 20 heavy (non-hydrogen) atoms. The Bertz CT molecular complexity index is 819. The van der Waals surface area contributed by atoms with Gasteiger partial charge in [-0.3, -0.25) is 0 Å². The number of nitrogens with zero attached hydrogens (tertiary/aromatic N) is 1. The number of fused-ring (bicyclic) bond motifs is 1. The summed E-state index contributed by atoms with van der Waals surface area (Å²) in [6, 6.07) is 20.0. The van der Waals surface area contributed by atoms with Crippen LogP contribution < -0.4 is 4.74 Å². The Morgan fingerprint density at radius 1 is 0.900 bits per heavy atom. The van der Waals surface area contributed by atoms with E-state index in [1.54, 1.807) is 30.3 Å². The maximum Gasteiger partial charge on any atom is 0.169 e. The SMILES string of the molecule is N#Cc1ccc2c(Oc3ccccc3O)cccc2c1. The van der Waals surface area contributed by atoms with E-state index in [4.69, 9.17) is 10.00 Å². The van der Waals surface area contributed by atoms with E-state index in [1.807, 2.05) is 30.3 Å². The Morgan fingerprint density at radius 3 is 2.50 bits per heavy atom. The predicted octanol–water partition coefficient (Wildman–Crippen LogP) is 4.21. The summed E-state index contributed by atoms with van der Waals surface area (Å²) < 4.78 is 5.76. The number of aromatic hydroxyl groups is 1. The fraction of sp³-hybridized carbons (Fsp3) is 0. The van der Waals surface area contributed by atoms with Gasteiger partial charge >= 0.3 is 0 Å². The molecule has 3 heteroatoms. The molecule has 0 saturated heterocycles. The molecule has 0 bridgehead atoms. The lowest BCUT2D eigenvalue weighted by molar-refractivity contribution is 0.413. The van der Waals surface area contributed by atoms with Crippen LogP contribution >= 0.6 is 0 Å². The van der Waals surface area contributed by atoms with Crippen LogP contribution in [0.2, 0.25) is 0 Å². The van der Waals surface area contributed by atoms with Crippen molar-refractivity contribution in [2.45, 2.75) is 0 Å². The number of rotatable bonds is 2. The number of ether oxygens (including phenoxy) is 1. The molecule has 0 spiro atoms. The summed E-state index contributed by atoms with van der Waals surface area (Å²) in [4.78, 5) is 0. The molecule has 0 aliphatic carbocycles. The molecule has 0 aliphatic rings. The smallest absolute Gasteiger partial charge is 0.169 e. The number of benzene rings is 3. The third kappa shape index (κ3) is 2.15. The first-order valence-corrected chi connectivity index (χ1v) is 6.16. The third-order valence-electron chi connectivity index (χ3n) is 3.05. The van der Waals surface area contributed by atoms with Crippen LogP contribution in [0.4, 0.5) is 0 Å². The van der Waals surface area contributed by atoms with Crippen molar-refractivity contribution in [2.24, 2.45) is 0 Å². The Kier molecular flexibility index (Phi) is 2.98. The number of phenols is 1. The molecule has 0 radical (unpaired) electrons. The Labute approximate surface area is 116 Å². The normalized spacial score (nSPS) is 10.2. The molecule has 0 heterocycles. The molecule has 3 aromatic carbocycles. The summed E-state index contributed by atoms with van der Waals surface area (Å²) in [5.41, 5.74) is 0.609. The highest BCUT2D eigenvalue weighted by atomic mass is 16.5. The minimum absolute atomic E-state index is 0.0955. The van der Waals surface area contributed by atoms with E-state index in [0.717, 1.165) is 10.8 Å². The fourth-order valence-electron chi connectivity index (χ4n) is 2.07. The Hall–Kier alpha value is -2.99. The van der Waals surface area contributed by atoms with Crippen molar-refractivity contribution in [3.8, 4) is 23.3 Å². The van der Waals surface area contributed by atoms with Crippen molar-refractivity contribution in [1.82, 2.24) is 0 Å². The molecule has 0 aromatic heterocycles. The summed E-state index contributed by atoms with van der Waals surface area (Å²) in [6.45, 7) is 0. The van der Waals surface area contributed by atoms with Crippen LogP contribution in [0.15, 0.2) is 60.7 Å². The van der Waals surface area contributed by atoms with Gasteiger partial charge in [-0.15, -0.1) is 0 Å². The van der Waals surface area contributed by atoms with Gasteiger partial charge in [0.2, 0.25) is 0 Å². The second kappa shape index (κ2) is 4.94. The van der Waals surface area contributed by atoms with Crippen LogP contribution in [0.1, 0.15) is 5.56 Å². The van der Waals surface area contributed by atoms with E-state index < -0.39 is 0 Å². The van der Waals surface area contributed by atoms with Gasteiger partial charge < -0.3 is 9.84 Å². The van der Waals surface area contributed by atoms with Crippen molar-refractivity contribution >= 4 is 10.8 Å². The molecule has 1 N–H and O–H groups in total. The third-order valence-corrected chi connectivity index (χ3v) is 3.05. The van der Waals surface area contributed by atoms with E-state index in [0.29, 0.717) is 17.1 Å². The summed E-state index contributed by atoms with van der Waals surface area (Å²) >= 11 is 0. The predicted molar refractivity (Wildman–Crippen MR) is 76.8 cm³/mol. The van der Waals surface area contributed by atoms with Crippen molar-refractivity contribution in [3.63, 3.8) is 0 Å². The van der Waals surface area contributed by atoms with E-state index in [2.05, 4.69) is 6.07 Å². The lowest BCUT2D eigenvalue weighted by Crippen LogP contribution is -1.87. The van der Waals surface area contributed by atoms with Crippen LogP contribution in [0, 0.1) is 11.3 Å². The summed E-state index contributed by atoms with van der Waals surface area (Å²) in [5, 5.41) is 20.5. The van der Waals surface area contributed by atoms with Crippen molar-refractivity contribution in [3.05, 3.63) is 66.2 Å². The molecular weight excluding hydrogens is 250 g/mol. The lowest BCUT2D eigenvalue weighted by atomic mass is 10.1. The first kappa shape index (κ1) is 12.1. The average molecular weight is 261 g/mol. The van der Waals surface area contributed by atoms with E-state index in [-0.39, 0.29) is 5.75 Å². The topological polar surface area (TPSA) is 53.2 Å². The van der Waals surface area contributed by atoms with E-state index in [1.165, 1.54) is 0 Å². The second-order valence-corrected chi connectivity index (χ2v) is 4.37. The molecule has 3 rings (SSSR count). The van der Waals surface area contributed by atoms with Crippen molar-refractivity contribution in [2.75, 3.05) is 0 Å². The summed E-state index contributed by atoms with van der Waals surface area (Å²) in [5.74, 6) is 1.15. The second-order valence-electron chi connectivity index (χ2n) is 4.37. The highest BCUT2D eigenvalue weighted by Gasteiger charge is 2.06. The molecule has 3 aromatic rings. The van der Waals surface area contributed by atoms with Gasteiger partial charge in [0.1, 0.15) is 5.75 Å². The Morgan fingerprint density at radius 2 is 1.70 bits per heavy atom. The minimum atomic E-state index is 0.0955. The van der Waals surface area contributed by atoms with Crippen LogP contribution in [-0.4, -0.2) is 5.11 Å². The largest absolute Gasteiger partial charge is 0.504 e. The molecular formula is C17H11NO2. The van der Waals surface area contributed by atoms with Gasteiger partial charge in [-0.25, -0.2) is 0 Å². The molecule has 0 atom stereocenters. The maximum atomic E-state index is 9.76. The maximum absolute atomic E-state index is 9.76. The van der Waals surface area contributed by atoms with Gasteiger partial charge in [-0.05, 0) is 41.8 Å². The van der Waals surface area contributed by atoms with Crippen molar-refractivity contribution in [1.29, 1.82) is 5.26 Å². The van der Waals surface area contributed by atoms with Gasteiger partial charge in [0.05, 0.1) is 11.6 Å². The van der Waals surface area contributed by atoms with E-state index in [9.17, 15) is 5.11 Å². The Balaban J connectivity index is 2.09. The molecule has 3 nitrogen and oxygen atoms in total. The quantitative estimate of drug-likeness (QED) is 0.751. The molecule has 0 amide bonds. The highest BCUT2D eigenvalue weighted by molar-refractivity contribution is 5.89. The standard InChI is InChI=1S/C17H11NO2/c18-11-12-8-9-14-13(10-12)4-3-7-16(14)20-17-6-2-1-5-15(17)19/h1-10,19H. The van der Waals surface area contributed by atoms with Gasteiger partial charge in [-0.2, -0.15) is 5.26 Å². The molecule has 96 valence electrons. The monoisotopic (exact) mass is 261 g/mol. The van der Waals surface area contributed by atoms with Crippen LogP contribution in [0.25, 0.3) is 10.8 Å². The minimum Gasteiger partial charge on any atom is -0.504 e. The molecule has 0 unspecified atom stereocenters. The fourth-order valence-corrected chi connectivity index (χ4v) is 2.07. The zero-order valence-corrected chi connectivity index (χ0v) is 10.6.